The normalized spacial score (nSPS) is 11.2. The number of aryl methyl sites for hydroxylation is 1. The van der Waals surface area contributed by atoms with E-state index in [0.29, 0.717) is 5.69 Å². The molecule has 0 bridgehead atoms. The molecule has 0 saturated carbocycles. The molecule has 3 heterocycles. The van der Waals surface area contributed by atoms with Crippen LogP contribution in [0.2, 0.25) is 0 Å². The van der Waals surface area contributed by atoms with Crippen LogP contribution in [0, 0.1) is 17.0 Å². The van der Waals surface area contributed by atoms with Gasteiger partial charge in [0.05, 0.1) is 22.2 Å². The Morgan fingerprint density at radius 3 is 2.93 bits per heavy atom. The van der Waals surface area contributed by atoms with Gasteiger partial charge >= 0.3 is 11.7 Å². The minimum atomic E-state index is -0.796. The Labute approximate surface area is 156 Å². The Bertz CT molecular complexity index is 1280. The predicted octanol–water partition coefficient (Wildman–Crippen LogP) is 2.20. The lowest BCUT2D eigenvalue weighted by Crippen LogP contribution is -2.21. The van der Waals surface area contributed by atoms with Gasteiger partial charge in [-0.05, 0) is 24.6 Å². The fraction of sp³-hybridized carbons (Fsp3) is 0.167. The van der Waals surface area contributed by atoms with Crippen molar-refractivity contribution in [3.8, 4) is 0 Å². The molecule has 0 fully saturated rings. The number of ether oxygens (including phenoxy) is 1. The van der Waals surface area contributed by atoms with Gasteiger partial charge in [0, 0.05) is 18.5 Å². The van der Waals surface area contributed by atoms with Crippen molar-refractivity contribution in [2.45, 2.75) is 20.1 Å². The molecule has 0 N–H and O–H groups in total. The van der Waals surface area contributed by atoms with Gasteiger partial charge in [0.15, 0.2) is 5.58 Å². The highest BCUT2D eigenvalue weighted by molar-refractivity contribution is 5.78. The number of imidazole rings is 1. The van der Waals surface area contributed by atoms with Crippen molar-refractivity contribution >= 4 is 28.4 Å². The molecular formula is C18H14N4O6. The van der Waals surface area contributed by atoms with Crippen LogP contribution in [0.15, 0.2) is 51.9 Å². The number of pyridine rings is 1. The lowest BCUT2D eigenvalue weighted by molar-refractivity contribution is -0.384. The molecule has 0 aliphatic rings. The maximum absolute atomic E-state index is 12.2. The SMILES string of the molecule is Cc1cccn2cc(COC(=O)Cn3c(=O)oc4cc([N+](=O)[O-])ccc43)nc12. The molecule has 4 aromatic rings. The van der Waals surface area contributed by atoms with E-state index in [1.165, 1.54) is 12.1 Å². The summed E-state index contributed by atoms with van der Waals surface area (Å²) in [6.45, 7) is 1.50. The average molecular weight is 382 g/mol. The zero-order valence-electron chi connectivity index (χ0n) is 14.7. The summed E-state index contributed by atoms with van der Waals surface area (Å²) in [4.78, 5) is 38.8. The first-order valence-electron chi connectivity index (χ1n) is 8.29. The number of rotatable bonds is 5. The molecule has 0 spiro atoms. The van der Waals surface area contributed by atoms with Crippen molar-refractivity contribution in [2.75, 3.05) is 0 Å². The standard InChI is InChI=1S/C18H14N4O6/c1-11-3-2-6-20-8-12(19-17(11)20)10-27-16(23)9-21-14-5-4-13(22(25)26)7-15(14)28-18(21)24/h2-8H,9-10H2,1H3. The van der Waals surface area contributed by atoms with Gasteiger partial charge in [-0.25, -0.2) is 9.78 Å². The molecule has 0 radical (unpaired) electrons. The number of nitrogens with zero attached hydrogens (tertiary/aromatic N) is 4. The van der Waals surface area contributed by atoms with E-state index in [4.69, 9.17) is 9.15 Å². The van der Waals surface area contributed by atoms with Crippen LogP contribution in [-0.4, -0.2) is 24.8 Å². The summed E-state index contributed by atoms with van der Waals surface area (Å²) >= 11 is 0. The smallest absolute Gasteiger partial charge is 0.420 e. The van der Waals surface area contributed by atoms with Crippen LogP contribution in [0.5, 0.6) is 0 Å². The molecule has 28 heavy (non-hydrogen) atoms. The van der Waals surface area contributed by atoms with E-state index in [1.807, 2.05) is 29.7 Å². The quantitative estimate of drug-likeness (QED) is 0.295. The molecule has 0 aliphatic carbocycles. The van der Waals surface area contributed by atoms with Crippen LogP contribution >= 0.6 is 0 Å². The van der Waals surface area contributed by atoms with Crippen LogP contribution in [0.1, 0.15) is 11.3 Å². The molecule has 0 aliphatic heterocycles. The van der Waals surface area contributed by atoms with E-state index >= 15 is 0 Å². The summed E-state index contributed by atoms with van der Waals surface area (Å²) in [5.74, 6) is -1.45. The summed E-state index contributed by atoms with van der Waals surface area (Å²) in [7, 11) is 0. The summed E-state index contributed by atoms with van der Waals surface area (Å²) in [6, 6.07) is 7.55. The fourth-order valence-corrected chi connectivity index (χ4v) is 2.92. The largest absolute Gasteiger partial charge is 0.458 e. The van der Waals surface area contributed by atoms with Gasteiger partial charge in [-0.3, -0.25) is 19.5 Å². The number of carbonyl (C=O) groups excluding carboxylic acids is 1. The number of hydrogen-bond acceptors (Lipinski definition) is 7. The Kier molecular flexibility index (Phi) is 4.15. The van der Waals surface area contributed by atoms with Gasteiger partial charge in [-0.2, -0.15) is 0 Å². The van der Waals surface area contributed by atoms with Gasteiger partial charge in [0.25, 0.3) is 5.69 Å². The lowest BCUT2D eigenvalue weighted by Gasteiger charge is -2.03. The molecular weight excluding hydrogens is 368 g/mol. The van der Waals surface area contributed by atoms with E-state index in [1.54, 1.807) is 6.20 Å². The van der Waals surface area contributed by atoms with Crippen molar-refractivity contribution < 1.29 is 18.9 Å². The van der Waals surface area contributed by atoms with Crippen LogP contribution < -0.4 is 5.76 Å². The van der Waals surface area contributed by atoms with Crippen molar-refractivity contribution in [1.82, 2.24) is 14.0 Å². The number of esters is 1. The van der Waals surface area contributed by atoms with Gasteiger partial charge in [0.1, 0.15) is 18.8 Å². The first-order valence-corrected chi connectivity index (χ1v) is 8.29. The first kappa shape index (κ1) is 17.5. The van der Waals surface area contributed by atoms with Crippen molar-refractivity contribution in [2.24, 2.45) is 0 Å². The molecule has 1 aromatic carbocycles. The fourth-order valence-electron chi connectivity index (χ4n) is 2.92. The second-order valence-electron chi connectivity index (χ2n) is 6.18. The van der Waals surface area contributed by atoms with Crippen molar-refractivity contribution in [3.05, 3.63) is 74.6 Å². The van der Waals surface area contributed by atoms with E-state index in [9.17, 15) is 19.7 Å². The Morgan fingerprint density at radius 2 is 2.18 bits per heavy atom. The molecule has 142 valence electrons. The maximum Gasteiger partial charge on any atom is 0.420 e. The Balaban J connectivity index is 1.50. The third-order valence-electron chi connectivity index (χ3n) is 4.26. The third kappa shape index (κ3) is 3.11. The number of carbonyl (C=O) groups is 1. The maximum atomic E-state index is 12.2. The summed E-state index contributed by atoms with van der Waals surface area (Å²) in [5, 5.41) is 10.8. The molecule has 0 atom stereocenters. The number of benzene rings is 1. The van der Waals surface area contributed by atoms with Crippen molar-refractivity contribution in [3.63, 3.8) is 0 Å². The van der Waals surface area contributed by atoms with E-state index in [0.717, 1.165) is 21.8 Å². The highest BCUT2D eigenvalue weighted by Crippen LogP contribution is 2.20. The molecule has 0 amide bonds. The molecule has 3 aromatic heterocycles. The monoisotopic (exact) mass is 382 g/mol. The molecule has 10 nitrogen and oxygen atoms in total. The predicted molar refractivity (Wildman–Crippen MR) is 96.9 cm³/mol. The van der Waals surface area contributed by atoms with Gasteiger partial charge in [-0.15, -0.1) is 0 Å². The minimum absolute atomic E-state index is 0.0304. The zero-order valence-corrected chi connectivity index (χ0v) is 14.7. The number of aromatic nitrogens is 3. The van der Waals surface area contributed by atoms with Crippen LogP contribution in [-0.2, 0) is 22.7 Å². The highest BCUT2D eigenvalue weighted by Gasteiger charge is 2.17. The summed E-state index contributed by atoms with van der Waals surface area (Å²) in [5.41, 5.74) is 2.43. The summed E-state index contributed by atoms with van der Waals surface area (Å²) < 4.78 is 13.1. The molecule has 4 rings (SSSR count). The second kappa shape index (κ2) is 6.65. The van der Waals surface area contributed by atoms with Crippen molar-refractivity contribution in [1.29, 1.82) is 0 Å². The minimum Gasteiger partial charge on any atom is -0.458 e. The van der Waals surface area contributed by atoms with E-state index < -0.39 is 16.6 Å². The Hall–Kier alpha value is -3.95. The Morgan fingerprint density at radius 1 is 1.36 bits per heavy atom. The molecule has 10 heteroatoms. The first-order chi connectivity index (χ1) is 13.4. The zero-order chi connectivity index (χ0) is 19.8. The number of nitro benzene ring substituents is 1. The van der Waals surface area contributed by atoms with Gasteiger partial charge in [-0.1, -0.05) is 6.07 Å². The molecule has 0 saturated heterocycles. The lowest BCUT2D eigenvalue weighted by atomic mass is 10.3. The van der Waals surface area contributed by atoms with Crippen LogP contribution in [0.3, 0.4) is 0 Å². The second-order valence-corrected chi connectivity index (χ2v) is 6.18. The number of fused-ring (bicyclic) bond motifs is 2. The topological polar surface area (TPSA) is 122 Å². The van der Waals surface area contributed by atoms with Gasteiger partial charge in [0.2, 0.25) is 0 Å². The number of nitro groups is 1. The summed E-state index contributed by atoms with van der Waals surface area (Å²) in [6.07, 6.45) is 3.60. The third-order valence-corrected chi connectivity index (χ3v) is 4.26. The van der Waals surface area contributed by atoms with E-state index in [2.05, 4.69) is 4.98 Å². The van der Waals surface area contributed by atoms with Gasteiger partial charge < -0.3 is 13.6 Å². The van der Waals surface area contributed by atoms with Crippen LogP contribution in [0.4, 0.5) is 5.69 Å². The van der Waals surface area contributed by atoms with E-state index in [-0.39, 0.29) is 29.9 Å². The average Bonchev–Trinajstić information content (AvgIpc) is 3.21. The molecule has 0 unspecified atom stereocenters. The number of hydrogen-bond donors (Lipinski definition) is 0. The van der Waals surface area contributed by atoms with Crippen LogP contribution in [0.25, 0.3) is 16.7 Å². The number of non-ortho nitro benzene ring substituents is 1. The highest BCUT2D eigenvalue weighted by atomic mass is 16.6. The number of oxazole rings is 1.